The molecule has 1 atom stereocenters. The summed E-state index contributed by atoms with van der Waals surface area (Å²) in [5.74, 6) is -0.381. The number of benzene rings is 1. The fourth-order valence-corrected chi connectivity index (χ4v) is 1.79. The zero-order chi connectivity index (χ0) is 11.8. The highest BCUT2D eigenvalue weighted by Crippen LogP contribution is 2.48. The highest BCUT2D eigenvalue weighted by molar-refractivity contribution is 5.93. The van der Waals surface area contributed by atoms with Crippen molar-refractivity contribution in [2.45, 2.75) is 32.7 Å². The second-order valence-corrected chi connectivity index (χ2v) is 4.96. The predicted molar refractivity (Wildman–Crippen MR) is 65.4 cm³/mol. The van der Waals surface area contributed by atoms with Crippen LogP contribution in [0, 0.1) is 5.41 Å². The molecule has 16 heavy (non-hydrogen) atoms. The predicted octanol–water partition coefficient (Wildman–Crippen LogP) is 2.39. The average Bonchev–Trinajstić information content (AvgIpc) is 2.99. The Kier molecular flexibility index (Phi) is 2.62. The molecular weight excluding hydrogens is 200 g/mol. The first kappa shape index (κ1) is 11.0. The van der Waals surface area contributed by atoms with Gasteiger partial charge in [-0.25, -0.2) is 0 Å². The maximum atomic E-state index is 10.9. The molecule has 3 nitrogen and oxygen atoms in total. The average molecular weight is 218 g/mol. The van der Waals surface area contributed by atoms with Crippen molar-refractivity contribution in [1.29, 1.82) is 0 Å². The molecular formula is C13H18N2O. The number of rotatable bonds is 4. The van der Waals surface area contributed by atoms with Crippen LogP contribution in [0.1, 0.15) is 37.0 Å². The molecule has 0 heterocycles. The normalized spacial score (nSPS) is 18.9. The van der Waals surface area contributed by atoms with Crippen molar-refractivity contribution < 1.29 is 4.79 Å². The summed E-state index contributed by atoms with van der Waals surface area (Å²) < 4.78 is 0. The molecule has 1 aliphatic rings. The Hall–Kier alpha value is -1.51. The fourth-order valence-electron chi connectivity index (χ4n) is 1.79. The fraction of sp³-hybridized carbons (Fsp3) is 0.462. The maximum absolute atomic E-state index is 10.9. The van der Waals surface area contributed by atoms with E-state index in [1.165, 1.54) is 12.8 Å². The van der Waals surface area contributed by atoms with Crippen LogP contribution < -0.4 is 11.1 Å². The minimum atomic E-state index is -0.381. The van der Waals surface area contributed by atoms with Crippen molar-refractivity contribution in [2.75, 3.05) is 5.32 Å². The van der Waals surface area contributed by atoms with Crippen molar-refractivity contribution in [2.24, 2.45) is 11.1 Å². The highest BCUT2D eigenvalue weighted by Gasteiger charge is 2.42. The van der Waals surface area contributed by atoms with Gasteiger partial charge < -0.3 is 11.1 Å². The van der Waals surface area contributed by atoms with Gasteiger partial charge in [-0.2, -0.15) is 0 Å². The summed E-state index contributed by atoms with van der Waals surface area (Å²) in [5, 5.41) is 3.46. The standard InChI is InChI=1S/C13H18N2O/c1-9(13(2)7-8-13)15-11-5-3-10(4-6-11)12(14)16/h3-6,9,15H,7-8H2,1-2H3,(H2,14,16). The monoisotopic (exact) mass is 218 g/mol. The Bertz CT molecular complexity index is 393. The molecule has 3 heteroatoms. The Morgan fingerprint density at radius 1 is 1.38 bits per heavy atom. The Labute approximate surface area is 96.0 Å². The van der Waals surface area contributed by atoms with Gasteiger partial charge in [0.25, 0.3) is 0 Å². The number of hydrogen-bond acceptors (Lipinski definition) is 2. The Balaban J connectivity index is 2.02. The number of primary amides is 1. The van der Waals surface area contributed by atoms with E-state index in [0.29, 0.717) is 17.0 Å². The molecule has 1 aromatic carbocycles. The third kappa shape index (κ3) is 2.18. The quantitative estimate of drug-likeness (QED) is 0.815. The van der Waals surface area contributed by atoms with Crippen molar-refractivity contribution in [3.8, 4) is 0 Å². The zero-order valence-corrected chi connectivity index (χ0v) is 9.79. The summed E-state index contributed by atoms with van der Waals surface area (Å²) in [6, 6.07) is 7.79. The van der Waals surface area contributed by atoms with Gasteiger partial charge in [-0.05, 0) is 49.4 Å². The SMILES string of the molecule is CC(Nc1ccc(C(N)=O)cc1)C1(C)CC1. The first-order valence-electron chi connectivity index (χ1n) is 5.68. The Morgan fingerprint density at radius 2 is 1.94 bits per heavy atom. The summed E-state index contributed by atoms with van der Waals surface area (Å²) in [5.41, 5.74) is 7.23. The van der Waals surface area contributed by atoms with Crippen LogP contribution >= 0.6 is 0 Å². The third-order valence-electron chi connectivity index (χ3n) is 3.64. The zero-order valence-electron chi connectivity index (χ0n) is 9.79. The van der Waals surface area contributed by atoms with E-state index in [4.69, 9.17) is 5.73 Å². The maximum Gasteiger partial charge on any atom is 0.248 e. The van der Waals surface area contributed by atoms with Crippen molar-refractivity contribution in [3.63, 3.8) is 0 Å². The van der Waals surface area contributed by atoms with Crippen LogP contribution in [0.15, 0.2) is 24.3 Å². The second kappa shape index (κ2) is 3.81. The van der Waals surface area contributed by atoms with Gasteiger partial charge in [-0.1, -0.05) is 6.92 Å². The third-order valence-corrected chi connectivity index (χ3v) is 3.64. The van der Waals surface area contributed by atoms with Gasteiger partial charge in [0.1, 0.15) is 0 Å². The van der Waals surface area contributed by atoms with Crippen LogP contribution in [0.2, 0.25) is 0 Å². The molecule has 0 bridgehead atoms. The minimum Gasteiger partial charge on any atom is -0.382 e. The first-order chi connectivity index (χ1) is 7.51. The van der Waals surface area contributed by atoms with Gasteiger partial charge in [0.2, 0.25) is 5.91 Å². The van der Waals surface area contributed by atoms with E-state index in [1.54, 1.807) is 12.1 Å². The molecule has 1 saturated carbocycles. The molecule has 0 spiro atoms. The van der Waals surface area contributed by atoms with Crippen LogP contribution in [0.5, 0.6) is 0 Å². The van der Waals surface area contributed by atoms with Gasteiger partial charge >= 0.3 is 0 Å². The van der Waals surface area contributed by atoms with Crippen LogP contribution in [0.3, 0.4) is 0 Å². The molecule has 0 radical (unpaired) electrons. The molecule has 0 aliphatic heterocycles. The molecule has 1 aliphatic carbocycles. The van der Waals surface area contributed by atoms with Gasteiger partial charge in [-0.15, -0.1) is 0 Å². The molecule has 86 valence electrons. The van der Waals surface area contributed by atoms with Crippen LogP contribution in [0.4, 0.5) is 5.69 Å². The summed E-state index contributed by atoms with van der Waals surface area (Å²) in [6.45, 7) is 4.50. The van der Waals surface area contributed by atoms with E-state index in [9.17, 15) is 4.79 Å². The van der Waals surface area contributed by atoms with E-state index in [1.807, 2.05) is 12.1 Å². The van der Waals surface area contributed by atoms with Crippen molar-refractivity contribution >= 4 is 11.6 Å². The van der Waals surface area contributed by atoms with E-state index in [0.717, 1.165) is 5.69 Å². The molecule has 0 saturated heterocycles. The van der Waals surface area contributed by atoms with E-state index >= 15 is 0 Å². The highest BCUT2D eigenvalue weighted by atomic mass is 16.1. The number of carbonyl (C=O) groups is 1. The van der Waals surface area contributed by atoms with Gasteiger partial charge in [0, 0.05) is 17.3 Å². The molecule has 0 aromatic heterocycles. The van der Waals surface area contributed by atoms with Crippen LogP contribution in [-0.4, -0.2) is 11.9 Å². The number of nitrogens with one attached hydrogen (secondary N) is 1. The molecule has 3 N–H and O–H groups in total. The smallest absolute Gasteiger partial charge is 0.248 e. The second-order valence-electron chi connectivity index (χ2n) is 4.96. The lowest BCUT2D eigenvalue weighted by Crippen LogP contribution is -2.24. The van der Waals surface area contributed by atoms with Gasteiger partial charge in [0.15, 0.2) is 0 Å². The Morgan fingerprint density at radius 3 is 2.38 bits per heavy atom. The van der Waals surface area contributed by atoms with Crippen molar-refractivity contribution in [3.05, 3.63) is 29.8 Å². The number of carbonyl (C=O) groups excluding carboxylic acids is 1. The largest absolute Gasteiger partial charge is 0.382 e. The minimum absolute atomic E-state index is 0.381. The topological polar surface area (TPSA) is 55.1 Å². The first-order valence-corrected chi connectivity index (χ1v) is 5.68. The number of amides is 1. The summed E-state index contributed by atoms with van der Waals surface area (Å²) in [7, 11) is 0. The number of anilines is 1. The molecule has 1 amide bonds. The lowest BCUT2D eigenvalue weighted by atomic mass is 10.0. The van der Waals surface area contributed by atoms with Crippen LogP contribution in [0.25, 0.3) is 0 Å². The summed E-state index contributed by atoms with van der Waals surface area (Å²) >= 11 is 0. The van der Waals surface area contributed by atoms with Gasteiger partial charge in [-0.3, -0.25) is 4.79 Å². The molecule has 1 unspecified atom stereocenters. The summed E-state index contributed by atoms with van der Waals surface area (Å²) in [4.78, 5) is 10.9. The van der Waals surface area contributed by atoms with Crippen molar-refractivity contribution in [1.82, 2.24) is 0 Å². The van der Waals surface area contributed by atoms with Crippen LogP contribution in [-0.2, 0) is 0 Å². The molecule has 1 aromatic rings. The van der Waals surface area contributed by atoms with Gasteiger partial charge in [0.05, 0.1) is 0 Å². The lowest BCUT2D eigenvalue weighted by molar-refractivity contribution is 0.100. The number of nitrogens with two attached hydrogens (primary N) is 1. The lowest BCUT2D eigenvalue weighted by Gasteiger charge is -2.21. The molecule has 1 fully saturated rings. The van der Waals surface area contributed by atoms with E-state index in [-0.39, 0.29) is 5.91 Å². The number of hydrogen-bond donors (Lipinski definition) is 2. The summed E-state index contributed by atoms with van der Waals surface area (Å²) in [6.07, 6.45) is 2.58. The molecule has 2 rings (SSSR count). The van der Waals surface area contributed by atoms with E-state index in [2.05, 4.69) is 19.2 Å². The van der Waals surface area contributed by atoms with E-state index < -0.39 is 0 Å².